The van der Waals surface area contributed by atoms with Crippen LogP contribution in [0, 0.1) is 0 Å². The topological polar surface area (TPSA) is 80.3 Å². The Bertz CT molecular complexity index is 33.0. The Labute approximate surface area is 94.2 Å². The van der Waals surface area contributed by atoms with Crippen molar-refractivity contribution in [3.05, 3.63) is 0 Å². The van der Waals surface area contributed by atoms with Gasteiger partial charge < -0.3 is 9.79 Å². The van der Waals surface area contributed by atoms with Crippen molar-refractivity contribution in [1.82, 2.24) is 0 Å². The first-order valence-electron chi connectivity index (χ1n) is 0.730. The van der Waals surface area contributed by atoms with E-state index in [1.54, 1.807) is 0 Å². The fourth-order valence-electron chi connectivity index (χ4n) is 0. The van der Waals surface area contributed by atoms with Crippen molar-refractivity contribution in [2.75, 3.05) is 0 Å². The second kappa shape index (κ2) is 35.4. The van der Waals surface area contributed by atoms with Gasteiger partial charge in [0.1, 0.15) is 0 Å². The first-order chi connectivity index (χ1) is 2.83. The van der Waals surface area contributed by atoms with Crippen molar-refractivity contribution in [2.24, 2.45) is 0 Å². The average Bonchev–Trinajstić information content (AvgIpc) is 1.39. The van der Waals surface area contributed by atoms with Crippen LogP contribution in [-0.2, 0) is 9.13 Å². The van der Waals surface area contributed by atoms with E-state index in [1.807, 2.05) is 0 Å². The van der Waals surface area contributed by atoms with Gasteiger partial charge in [0, 0.05) is 0 Å². The Kier molecular flexibility index (Phi) is 99.5. The molecule has 0 rings (SSSR count). The van der Waals surface area contributed by atoms with Crippen LogP contribution < -0.4 is 68.9 Å². The molecule has 0 aliphatic rings. The van der Waals surface area contributed by atoms with Crippen molar-refractivity contribution in [3.8, 4) is 0 Å². The summed E-state index contributed by atoms with van der Waals surface area (Å²) in [7, 11) is -2.17. The molecule has 0 radical (unpaired) electrons. The summed E-state index contributed by atoms with van der Waals surface area (Å²) in [4.78, 5) is 16.7. The minimum absolute atomic E-state index is 0. The summed E-state index contributed by atoms with van der Waals surface area (Å²) in [5.74, 6) is 0. The van der Waals surface area contributed by atoms with E-state index < -0.39 is 17.4 Å². The predicted molar refractivity (Wildman–Crippen MR) is 15.2 cm³/mol. The van der Waals surface area contributed by atoms with Crippen LogP contribution in [0.25, 0.3) is 0 Å². The van der Waals surface area contributed by atoms with Crippen LogP contribution in [-0.4, -0.2) is 0 Å². The van der Waals surface area contributed by atoms with E-state index in [1.165, 1.54) is 0 Å². The standard InChI is InChI=1S/2Na.2HO2P/c;;2*1-3-2/h;;2*(H,1,2)/q2*+1;;/p-2. The Balaban J connectivity index is -0.0000000160. The van der Waals surface area contributed by atoms with E-state index in [2.05, 4.69) is 0 Å². The maximum Gasteiger partial charge on any atom is 1.00 e. The fraction of sp³-hybridized carbons (Fsp3) is 0. The Morgan fingerprint density at radius 3 is 0.875 bits per heavy atom. The van der Waals surface area contributed by atoms with E-state index in [9.17, 15) is 0 Å². The second-order valence-corrected chi connectivity index (χ2v) is 0.447. The molecule has 0 spiro atoms. The summed E-state index contributed by atoms with van der Waals surface area (Å²) in [5, 5.41) is 0. The molecule has 0 bridgehead atoms. The van der Waals surface area contributed by atoms with E-state index in [0.29, 0.717) is 0 Å². The molecule has 0 aromatic rings. The van der Waals surface area contributed by atoms with Gasteiger partial charge in [0.15, 0.2) is 0 Å². The first-order valence-corrected chi connectivity index (χ1v) is 2.19. The molecule has 8 heavy (non-hydrogen) atoms. The molecular formula is Na2O4P2. The predicted octanol–water partition coefficient (Wildman–Crippen LogP) is -6.89. The molecule has 4 nitrogen and oxygen atoms in total. The molecule has 8 heteroatoms. The third kappa shape index (κ3) is 91.6. The molecule has 0 aromatic heterocycles. The third-order valence-corrected chi connectivity index (χ3v) is 0. The van der Waals surface area contributed by atoms with Gasteiger partial charge in [0.2, 0.25) is 0 Å². The van der Waals surface area contributed by atoms with Crippen LogP contribution in [0.3, 0.4) is 0 Å². The van der Waals surface area contributed by atoms with Crippen molar-refractivity contribution in [2.45, 2.75) is 0 Å². The molecule has 0 heterocycles. The molecule has 36 valence electrons. The van der Waals surface area contributed by atoms with Crippen LogP contribution in [0.2, 0.25) is 0 Å². The van der Waals surface area contributed by atoms with Crippen LogP contribution in [0.5, 0.6) is 0 Å². The Morgan fingerprint density at radius 2 is 0.875 bits per heavy atom. The molecule has 0 amide bonds. The van der Waals surface area contributed by atoms with Crippen molar-refractivity contribution < 1.29 is 78.0 Å². The van der Waals surface area contributed by atoms with Crippen molar-refractivity contribution >= 4 is 17.4 Å². The van der Waals surface area contributed by atoms with Gasteiger partial charge in [-0.1, -0.05) is 0 Å². The van der Waals surface area contributed by atoms with Gasteiger partial charge in [-0.15, -0.1) is 0 Å². The summed E-state index contributed by atoms with van der Waals surface area (Å²) in [6, 6.07) is 0. The van der Waals surface area contributed by atoms with Crippen molar-refractivity contribution in [3.63, 3.8) is 0 Å². The van der Waals surface area contributed by atoms with Crippen LogP contribution in [0.4, 0.5) is 0 Å². The molecule has 0 aliphatic heterocycles. The van der Waals surface area contributed by atoms with E-state index in [0.717, 1.165) is 0 Å². The molecule has 0 aromatic carbocycles. The summed E-state index contributed by atoms with van der Waals surface area (Å²) in [6.45, 7) is 0. The largest absolute Gasteiger partial charge is 1.00 e. The SMILES string of the molecule is O=P[O-].O=P[O-].[Na+].[Na+]. The second-order valence-electron chi connectivity index (χ2n) is 0.149. The minimum atomic E-state index is -1.08. The van der Waals surface area contributed by atoms with E-state index in [-0.39, 0.29) is 59.1 Å². The van der Waals surface area contributed by atoms with E-state index in [4.69, 9.17) is 18.9 Å². The maximum atomic E-state index is 8.35. The third-order valence-electron chi connectivity index (χ3n) is 0. The van der Waals surface area contributed by atoms with Gasteiger partial charge >= 0.3 is 59.1 Å². The molecule has 0 saturated heterocycles. The fourth-order valence-corrected chi connectivity index (χ4v) is 0. The zero-order chi connectivity index (χ0) is 5.41. The van der Waals surface area contributed by atoms with Gasteiger partial charge in [-0.3, -0.25) is 9.13 Å². The first kappa shape index (κ1) is 22.5. The van der Waals surface area contributed by atoms with E-state index >= 15 is 0 Å². The monoisotopic (exact) mass is 172 g/mol. The number of hydrogen-bond donors (Lipinski definition) is 0. The van der Waals surface area contributed by atoms with Gasteiger partial charge in [0.25, 0.3) is 0 Å². The van der Waals surface area contributed by atoms with Crippen LogP contribution in [0.1, 0.15) is 0 Å². The van der Waals surface area contributed by atoms with Gasteiger partial charge in [0.05, 0.1) is 17.4 Å². The Hall–Kier alpha value is 2.12. The smallest absolute Gasteiger partial charge is 0.772 e. The summed E-state index contributed by atoms with van der Waals surface area (Å²) < 4.78 is 16.7. The van der Waals surface area contributed by atoms with Gasteiger partial charge in [-0.05, 0) is 0 Å². The number of hydrogen-bond acceptors (Lipinski definition) is 4. The summed E-state index contributed by atoms with van der Waals surface area (Å²) in [5.41, 5.74) is 0. The average molecular weight is 172 g/mol. The molecule has 0 unspecified atom stereocenters. The van der Waals surface area contributed by atoms with Gasteiger partial charge in [-0.2, -0.15) is 0 Å². The zero-order valence-corrected chi connectivity index (χ0v) is 10.3. The van der Waals surface area contributed by atoms with Gasteiger partial charge in [-0.25, -0.2) is 0 Å². The molecule has 0 N–H and O–H groups in total. The van der Waals surface area contributed by atoms with Crippen LogP contribution >= 0.6 is 17.4 Å². The molecule has 0 aliphatic carbocycles. The normalized spacial score (nSPS) is 5.25. The number of rotatable bonds is 0. The molecular weight excluding hydrogens is 172 g/mol. The molecule has 0 fully saturated rings. The quantitative estimate of drug-likeness (QED) is 0.268. The molecule has 0 atom stereocenters. The summed E-state index contributed by atoms with van der Waals surface area (Å²) >= 11 is 0. The van der Waals surface area contributed by atoms with Crippen molar-refractivity contribution in [1.29, 1.82) is 0 Å². The maximum absolute atomic E-state index is 8.35. The van der Waals surface area contributed by atoms with Crippen LogP contribution in [0.15, 0.2) is 0 Å². The zero-order valence-electron chi connectivity index (χ0n) is 4.53. The molecule has 0 saturated carbocycles. The minimum Gasteiger partial charge on any atom is -0.772 e. The summed E-state index contributed by atoms with van der Waals surface area (Å²) in [6.07, 6.45) is 0. The Morgan fingerprint density at radius 1 is 0.875 bits per heavy atom.